The summed E-state index contributed by atoms with van der Waals surface area (Å²) >= 11 is 0. The van der Waals surface area contributed by atoms with Crippen LogP contribution < -0.4 is 9.47 Å². The van der Waals surface area contributed by atoms with Gasteiger partial charge >= 0.3 is 0 Å². The highest BCUT2D eigenvalue weighted by Crippen LogP contribution is 2.36. The number of hydrogen-bond donors (Lipinski definition) is 0. The number of rotatable bonds is 6. The molecule has 0 N–H and O–H groups in total. The SMILES string of the molecule is CON=C(C(CC1Cc2cc(OC)ccc2O1)n1cncn1)C(C)(C)C. The van der Waals surface area contributed by atoms with Crippen molar-refractivity contribution in [3.05, 3.63) is 36.4 Å². The zero-order valence-corrected chi connectivity index (χ0v) is 16.0. The van der Waals surface area contributed by atoms with E-state index in [1.807, 2.05) is 22.9 Å². The molecule has 1 aliphatic heterocycles. The van der Waals surface area contributed by atoms with Crippen LogP contribution in [0.5, 0.6) is 11.5 Å². The third-order valence-corrected chi connectivity index (χ3v) is 4.52. The molecule has 2 unspecified atom stereocenters. The van der Waals surface area contributed by atoms with E-state index in [4.69, 9.17) is 14.3 Å². The minimum absolute atomic E-state index is 0.0238. The zero-order chi connectivity index (χ0) is 18.7. The third-order valence-electron chi connectivity index (χ3n) is 4.52. The molecule has 0 radical (unpaired) electrons. The second-order valence-electron chi connectivity index (χ2n) is 7.45. The fourth-order valence-corrected chi connectivity index (χ4v) is 3.32. The molecule has 0 saturated heterocycles. The normalized spacial score (nSPS) is 18.2. The van der Waals surface area contributed by atoms with Gasteiger partial charge in [-0.25, -0.2) is 9.67 Å². The minimum Gasteiger partial charge on any atom is -0.497 e. The Hall–Kier alpha value is -2.57. The number of methoxy groups -OCH3 is 1. The molecule has 2 aromatic rings. The predicted molar refractivity (Wildman–Crippen MR) is 98.7 cm³/mol. The van der Waals surface area contributed by atoms with E-state index in [1.54, 1.807) is 20.5 Å². The monoisotopic (exact) mass is 358 g/mol. The molecular weight excluding hydrogens is 332 g/mol. The summed E-state index contributed by atoms with van der Waals surface area (Å²) in [6.07, 6.45) is 4.82. The summed E-state index contributed by atoms with van der Waals surface area (Å²) in [6, 6.07) is 5.82. The first-order chi connectivity index (χ1) is 12.4. The van der Waals surface area contributed by atoms with Gasteiger partial charge in [-0.1, -0.05) is 25.9 Å². The smallest absolute Gasteiger partial charge is 0.137 e. The van der Waals surface area contributed by atoms with Crippen molar-refractivity contribution in [2.75, 3.05) is 14.2 Å². The van der Waals surface area contributed by atoms with Gasteiger partial charge in [0.2, 0.25) is 0 Å². The van der Waals surface area contributed by atoms with E-state index < -0.39 is 0 Å². The van der Waals surface area contributed by atoms with Crippen LogP contribution in [-0.2, 0) is 11.3 Å². The molecular formula is C19H26N4O3. The van der Waals surface area contributed by atoms with Crippen molar-refractivity contribution in [3.8, 4) is 11.5 Å². The lowest BCUT2D eigenvalue weighted by Crippen LogP contribution is -2.34. The number of benzene rings is 1. The summed E-state index contributed by atoms with van der Waals surface area (Å²) in [5.41, 5.74) is 1.89. The van der Waals surface area contributed by atoms with Crippen molar-refractivity contribution >= 4 is 5.71 Å². The van der Waals surface area contributed by atoms with Crippen LogP contribution in [0.2, 0.25) is 0 Å². The van der Waals surface area contributed by atoms with Crippen LogP contribution in [0.25, 0.3) is 0 Å². The number of oxime groups is 1. The van der Waals surface area contributed by atoms with E-state index in [9.17, 15) is 0 Å². The third kappa shape index (κ3) is 3.81. The van der Waals surface area contributed by atoms with Crippen LogP contribution in [0.4, 0.5) is 0 Å². The van der Waals surface area contributed by atoms with Gasteiger partial charge in [-0.2, -0.15) is 5.10 Å². The molecule has 7 heteroatoms. The summed E-state index contributed by atoms with van der Waals surface area (Å²) in [4.78, 5) is 9.24. The Morgan fingerprint density at radius 1 is 1.38 bits per heavy atom. The maximum Gasteiger partial charge on any atom is 0.137 e. The number of ether oxygens (including phenoxy) is 2. The molecule has 0 spiro atoms. The van der Waals surface area contributed by atoms with Crippen LogP contribution in [0.3, 0.4) is 0 Å². The van der Waals surface area contributed by atoms with E-state index in [0.717, 1.165) is 35.6 Å². The highest BCUT2D eigenvalue weighted by atomic mass is 16.6. The van der Waals surface area contributed by atoms with Gasteiger partial charge in [0.15, 0.2) is 0 Å². The van der Waals surface area contributed by atoms with Crippen LogP contribution >= 0.6 is 0 Å². The van der Waals surface area contributed by atoms with Gasteiger partial charge in [-0.3, -0.25) is 0 Å². The van der Waals surface area contributed by atoms with E-state index in [-0.39, 0.29) is 17.6 Å². The van der Waals surface area contributed by atoms with Crippen molar-refractivity contribution < 1.29 is 14.3 Å². The Morgan fingerprint density at radius 3 is 2.81 bits per heavy atom. The highest BCUT2D eigenvalue weighted by Gasteiger charge is 2.35. The molecule has 0 fully saturated rings. The van der Waals surface area contributed by atoms with Crippen LogP contribution in [-0.4, -0.2) is 40.8 Å². The summed E-state index contributed by atoms with van der Waals surface area (Å²) in [5, 5.41) is 8.67. The Balaban J connectivity index is 1.85. The molecule has 1 aliphatic rings. The summed E-state index contributed by atoms with van der Waals surface area (Å²) < 4.78 is 13.3. The Morgan fingerprint density at radius 2 is 2.19 bits per heavy atom. The maximum absolute atomic E-state index is 6.16. The lowest BCUT2D eigenvalue weighted by atomic mass is 9.83. The lowest BCUT2D eigenvalue weighted by Gasteiger charge is -2.29. The summed E-state index contributed by atoms with van der Waals surface area (Å²) in [7, 11) is 3.24. The number of fused-ring (bicyclic) bond motifs is 1. The Kier molecular flexibility index (Phi) is 5.15. The highest BCUT2D eigenvalue weighted by molar-refractivity contribution is 5.92. The van der Waals surface area contributed by atoms with E-state index in [2.05, 4.69) is 36.0 Å². The predicted octanol–water partition coefficient (Wildman–Crippen LogP) is 3.27. The molecule has 3 rings (SSSR count). The average Bonchev–Trinajstić information content (AvgIpc) is 3.25. The molecule has 1 aromatic carbocycles. The molecule has 2 heterocycles. The summed E-state index contributed by atoms with van der Waals surface area (Å²) in [5.74, 6) is 1.76. The second-order valence-corrected chi connectivity index (χ2v) is 7.45. The largest absolute Gasteiger partial charge is 0.497 e. The first-order valence-corrected chi connectivity index (χ1v) is 8.71. The van der Waals surface area contributed by atoms with Crippen LogP contribution in [0.15, 0.2) is 36.0 Å². The van der Waals surface area contributed by atoms with Gasteiger partial charge in [0, 0.05) is 23.8 Å². The molecule has 0 aliphatic carbocycles. The fourth-order valence-electron chi connectivity index (χ4n) is 3.32. The van der Waals surface area contributed by atoms with E-state index >= 15 is 0 Å². The Labute approximate surface area is 154 Å². The van der Waals surface area contributed by atoms with Gasteiger partial charge < -0.3 is 14.3 Å². The van der Waals surface area contributed by atoms with Gasteiger partial charge in [-0.15, -0.1) is 0 Å². The van der Waals surface area contributed by atoms with Crippen molar-refractivity contribution in [2.45, 2.75) is 45.8 Å². The van der Waals surface area contributed by atoms with E-state index in [1.165, 1.54) is 6.33 Å². The molecule has 0 amide bonds. The fraction of sp³-hybridized carbons (Fsp3) is 0.526. The van der Waals surface area contributed by atoms with Crippen molar-refractivity contribution in [1.29, 1.82) is 0 Å². The number of nitrogens with zero attached hydrogens (tertiary/aromatic N) is 4. The molecule has 26 heavy (non-hydrogen) atoms. The minimum atomic E-state index is -0.179. The molecule has 140 valence electrons. The number of aromatic nitrogens is 3. The standard InChI is InChI=1S/C19H26N4O3/c1-19(2,3)18(22-25-5)16(23-12-20-11-21-23)10-15-9-13-8-14(24-4)6-7-17(13)26-15/h6-8,11-12,15-16H,9-10H2,1-5H3. The first kappa shape index (κ1) is 18.2. The molecule has 0 saturated carbocycles. The quantitative estimate of drug-likeness (QED) is 0.585. The summed E-state index contributed by atoms with van der Waals surface area (Å²) in [6.45, 7) is 6.34. The molecule has 2 atom stereocenters. The van der Waals surface area contributed by atoms with Crippen LogP contribution in [0, 0.1) is 5.41 Å². The van der Waals surface area contributed by atoms with E-state index in [0.29, 0.717) is 0 Å². The number of hydrogen-bond acceptors (Lipinski definition) is 6. The first-order valence-electron chi connectivity index (χ1n) is 8.71. The van der Waals surface area contributed by atoms with Gasteiger partial charge in [0.05, 0.1) is 18.9 Å². The van der Waals surface area contributed by atoms with Crippen molar-refractivity contribution in [1.82, 2.24) is 14.8 Å². The molecule has 7 nitrogen and oxygen atoms in total. The van der Waals surface area contributed by atoms with Crippen LogP contribution in [0.1, 0.15) is 38.8 Å². The molecule has 1 aromatic heterocycles. The lowest BCUT2D eigenvalue weighted by molar-refractivity contribution is 0.188. The zero-order valence-electron chi connectivity index (χ0n) is 16.0. The topological polar surface area (TPSA) is 70.8 Å². The van der Waals surface area contributed by atoms with Gasteiger partial charge in [-0.05, 0) is 18.2 Å². The average molecular weight is 358 g/mol. The van der Waals surface area contributed by atoms with Gasteiger partial charge in [0.25, 0.3) is 0 Å². The second kappa shape index (κ2) is 7.35. The Bertz CT molecular complexity index is 766. The molecule has 0 bridgehead atoms. The van der Waals surface area contributed by atoms with Gasteiger partial charge in [0.1, 0.15) is 37.4 Å². The van der Waals surface area contributed by atoms with Crippen molar-refractivity contribution in [3.63, 3.8) is 0 Å². The maximum atomic E-state index is 6.16. The van der Waals surface area contributed by atoms with Crippen molar-refractivity contribution in [2.24, 2.45) is 10.6 Å².